The van der Waals surface area contributed by atoms with E-state index in [1.165, 1.54) is 32.4 Å². The van der Waals surface area contributed by atoms with E-state index in [2.05, 4.69) is 25.8 Å². The number of aryl methyl sites for hydroxylation is 1. The number of rotatable bonds is 6. The smallest absolute Gasteiger partial charge is 0.216 e. The largest absolute Gasteiger partial charge is 0.477 e. The predicted octanol–water partition coefficient (Wildman–Crippen LogP) is 1.77. The van der Waals surface area contributed by atoms with Crippen molar-refractivity contribution in [2.75, 3.05) is 19.7 Å². The van der Waals surface area contributed by atoms with Crippen LogP contribution in [0.3, 0.4) is 0 Å². The van der Waals surface area contributed by atoms with Crippen molar-refractivity contribution in [1.82, 2.24) is 30.5 Å². The molecular formula is C17H24N6O. The molecule has 0 unspecified atom stereocenters. The summed E-state index contributed by atoms with van der Waals surface area (Å²) in [5.41, 5.74) is 1.85. The molecule has 7 heteroatoms. The van der Waals surface area contributed by atoms with Gasteiger partial charge < -0.3 is 10.1 Å². The van der Waals surface area contributed by atoms with Gasteiger partial charge in [-0.3, -0.25) is 0 Å². The first-order valence-electron chi connectivity index (χ1n) is 8.85. The summed E-state index contributed by atoms with van der Waals surface area (Å²) in [6.45, 7) is 5.15. The fourth-order valence-corrected chi connectivity index (χ4v) is 3.86. The van der Waals surface area contributed by atoms with E-state index in [9.17, 15) is 0 Å². The Morgan fingerprint density at radius 2 is 2.21 bits per heavy atom. The average molecular weight is 328 g/mol. The Balaban J connectivity index is 1.26. The summed E-state index contributed by atoms with van der Waals surface area (Å²) in [5, 5.41) is 14.6. The van der Waals surface area contributed by atoms with Crippen molar-refractivity contribution >= 4 is 0 Å². The van der Waals surface area contributed by atoms with Gasteiger partial charge in [-0.15, -0.1) is 5.10 Å². The third kappa shape index (κ3) is 3.40. The van der Waals surface area contributed by atoms with Crippen molar-refractivity contribution in [3.8, 4) is 11.6 Å². The molecule has 2 fully saturated rings. The van der Waals surface area contributed by atoms with E-state index in [1.807, 2.05) is 13.0 Å². The molecule has 0 amide bonds. The van der Waals surface area contributed by atoms with Gasteiger partial charge in [-0.2, -0.15) is 4.68 Å². The molecule has 0 aromatic carbocycles. The third-order valence-electron chi connectivity index (χ3n) is 5.32. The van der Waals surface area contributed by atoms with Crippen LogP contribution in [0.1, 0.15) is 31.2 Å². The van der Waals surface area contributed by atoms with E-state index in [4.69, 9.17) is 4.74 Å². The molecule has 0 bridgehead atoms. The van der Waals surface area contributed by atoms with E-state index < -0.39 is 0 Å². The van der Waals surface area contributed by atoms with Crippen LogP contribution in [-0.4, -0.2) is 44.9 Å². The summed E-state index contributed by atoms with van der Waals surface area (Å²) >= 11 is 0. The fourth-order valence-electron chi connectivity index (χ4n) is 3.86. The molecule has 2 atom stereocenters. The van der Waals surface area contributed by atoms with Crippen molar-refractivity contribution in [2.45, 2.75) is 32.6 Å². The maximum absolute atomic E-state index is 5.91. The molecule has 3 heterocycles. The zero-order chi connectivity index (χ0) is 16.4. The number of aromatic nitrogens is 5. The summed E-state index contributed by atoms with van der Waals surface area (Å²) in [4.78, 5) is 4.41. The van der Waals surface area contributed by atoms with Crippen LogP contribution in [0, 0.1) is 24.7 Å². The van der Waals surface area contributed by atoms with Gasteiger partial charge in [-0.05, 0) is 79.9 Å². The van der Waals surface area contributed by atoms with Gasteiger partial charge in [0.1, 0.15) is 6.33 Å². The summed E-state index contributed by atoms with van der Waals surface area (Å²) in [6.07, 6.45) is 8.53. The summed E-state index contributed by atoms with van der Waals surface area (Å²) in [7, 11) is 0. The lowest BCUT2D eigenvalue weighted by Gasteiger charge is -2.22. The number of hydrogen-bond donors (Lipinski definition) is 1. The zero-order valence-electron chi connectivity index (χ0n) is 14.1. The van der Waals surface area contributed by atoms with Crippen LogP contribution in [0.25, 0.3) is 5.69 Å². The van der Waals surface area contributed by atoms with Crippen LogP contribution in [0.4, 0.5) is 0 Å². The maximum Gasteiger partial charge on any atom is 0.216 e. The Morgan fingerprint density at radius 1 is 1.33 bits per heavy atom. The molecule has 24 heavy (non-hydrogen) atoms. The highest BCUT2D eigenvalue weighted by Gasteiger charge is 2.42. The van der Waals surface area contributed by atoms with Crippen LogP contribution in [0.2, 0.25) is 0 Å². The van der Waals surface area contributed by atoms with E-state index >= 15 is 0 Å². The first kappa shape index (κ1) is 15.5. The zero-order valence-corrected chi connectivity index (χ0v) is 14.1. The monoisotopic (exact) mass is 328 g/mol. The number of nitrogens with one attached hydrogen (secondary N) is 1. The van der Waals surface area contributed by atoms with Crippen molar-refractivity contribution in [3.05, 3.63) is 24.2 Å². The molecule has 4 rings (SSSR count). The molecule has 1 aliphatic carbocycles. The number of nitrogens with zero attached hydrogens (tertiary/aromatic N) is 5. The van der Waals surface area contributed by atoms with E-state index in [0.29, 0.717) is 5.88 Å². The minimum Gasteiger partial charge on any atom is -0.477 e. The third-order valence-corrected chi connectivity index (χ3v) is 5.32. The Morgan fingerprint density at radius 3 is 2.96 bits per heavy atom. The summed E-state index contributed by atoms with van der Waals surface area (Å²) < 4.78 is 7.51. The van der Waals surface area contributed by atoms with Gasteiger partial charge in [0.2, 0.25) is 5.88 Å². The molecule has 128 valence electrons. The van der Waals surface area contributed by atoms with Gasteiger partial charge in [-0.1, -0.05) is 0 Å². The van der Waals surface area contributed by atoms with Crippen molar-refractivity contribution in [3.63, 3.8) is 0 Å². The predicted molar refractivity (Wildman–Crippen MR) is 89.0 cm³/mol. The molecule has 7 nitrogen and oxygen atoms in total. The second kappa shape index (κ2) is 6.84. The first-order valence-corrected chi connectivity index (χ1v) is 8.85. The molecule has 1 saturated heterocycles. The number of ether oxygens (including phenoxy) is 1. The van der Waals surface area contributed by atoms with Gasteiger partial charge in [0.15, 0.2) is 0 Å². The van der Waals surface area contributed by atoms with Crippen LogP contribution >= 0.6 is 0 Å². The molecule has 1 aliphatic heterocycles. The van der Waals surface area contributed by atoms with Gasteiger partial charge in [0.05, 0.1) is 18.5 Å². The van der Waals surface area contributed by atoms with Crippen molar-refractivity contribution in [2.24, 2.45) is 17.8 Å². The van der Waals surface area contributed by atoms with Crippen molar-refractivity contribution in [1.29, 1.82) is 0 Å². The van der Waals surface area contributed by atoms with Crippen LogP contribution in [0.15, 0.2) is 18.6 Å². The van der Waals surface area contributed by atoms with Gasteiger partial charge in [0.25, 0.3) is 0 Å². The fraction of sp³-hybridized carbons (Fsp3) is 0.647. The normalized spacial score (nSPS) is 24.0. The van der Waals surface area contributed by atoms with Gasteiger partial charge >= 0.3 is 0 Å². The number of pyridine rings is 1. The molecule has 0 spiro atoms. The minimum absolute atomic E-state index is 0.714. The second-order valence-corrected chi connectivity index (χ2v) is 6.95. The van der Waals surface area contributed by atoms with Gasteiger partial charge in [0, 0.05) is 5.56 Å². The molecule has 0 radical (unpaired) electrons. The highest BCUT2D eigenvalue weighted by molar-refractivity contribution is 5.36. The van der Waals surface area contributed by atoms with Crippen molar-refractivity contribution < 1.29 is 4.74 Å². The van der Waals surface area contributed by atoms with E-state index in [-0.39, 0.29) is 0 Å². The highest BCUT2D eigenvalue weighted by atomic mass is 16.5. The Kier molecular flexibility index (Phi) is 4.42. The molecule has 2 aromatic heterocycles. The standard InChI is InChI=1S/C17H24N6O/c1-12-8-15(23-11-20-21-22-23)10-19-17(12)24-7-4-14-9-16(14)13-2-5-18-6-3-13/h8,10-11,13-14,16,18H,2-7,9H2,1H3/t14-,16-/m1/s1. The first-order chi connectivity index (χ1) is 11.8. The Hall–Kier alpha value is -2.02. The highest BCUT2D eigenvalue weighted by Crippen LogP contribution is 2.49. The molecule has 1 saturated carbocycles. The lowest BCUT2D eigenvalue weighted by atomic mass is 9.91. The lowest BCUT2D eigenvalue weighted by Crippen LogP contribution is -2.29. The number of piperidine rings is 1. The lowest BCUT2D eigenvalue weighted by molar-refractivity contribution is 0.271. The van der Waals surface area contributed by atoms with Crippen LogP contribution in [0.5, 0.6) is 5.88 Å². The van der Waals surface area contributed by atoms with Crippen LogP contribution in [-0.2, 0) is 0 Å². The molecular weight excluding hydrogens is 304 g/mol. The maximum atomic E-state index is 5.91. The summed E-state index contributed by atoms with van der Waals surface area (Å²) in [6, 6.07) is 1.99. The topological polar surface area (TPSA) is 77.8 Å². The van der Waals surface area contributed by atoms with E-state index in [1.54, 1.807) is 17.2 Å². The summed E-state index contributed by atoms with van der Waals surface area (Å²) in [5.74, 6) is 3.44. The molecule has 2 aliphatic rings. The molecule has 1 N–H and O–H groups in total. The quantitative estimate of drug-likeness (QED) is 0.871. The second-order valence-electron chi connectivity index (χ2n) is 6.95. The Bertz CT molecular complexity index is 668. The van der Waals surface area contributed by atoms with Gasteiger partial charge in [-0.25, -0.2) is 4.98 Å². The van der Waals surface area contributed by atoms with E-state index in [0.717, 1.165) is 42.0 Å². The number of tetrazole rings is 1. The number of hydrogen-bond acceptors (Lipinski definition) is 6. The average Bonchev–Trinajstić information content (AvgIpc) is 3.17. The molecule has 2 aromatic rings. The minimum atomic E-state index is 0.714. The SMILES string of the molecule is Cc1cc(-n2cnnn2)cnc1OCC[C@@H]1C[C@@H]1C1CCNCC1. The Labute approximate surface area is 141 Å². The van der Waals surface area contributed by atoms with Crippen LogP contribution < -0.4 is 10.1 Å².